The maximum Gasteiger partial charge on any atom is 0.326 e. The zero-order valence-electron chi connectivity index (χ0n) is 18.8. The molecule has 32 heavy (non-hydrogen) atoms. The van der Waals surface area contributed by atoms with Crippen LogP contribution in [0.4, 0.5) is 10.6 Å². The van der Waals surface area contributed by atoms with Crippen LogP contribution < -0.4 is 4.74 Å². The number of hydrogen-bond donors (Lipinski definition) is 1. The summed E-state index contributed by atoms with van der Waals surface area (Å²) in [5.74, 6) is 2.55. The molecule has 2 aliphatic heterocycles. The van der Waals surface area contributed by atoms with Crippen LogP contribution >= 0.6 is 0 Å². The fourth-order valence-electron chi connectivity index (χ4n) is 4.06. The molecule has 166 valence electrons. The van der Waals surface area contributed by atoms with Crippen molar-refractivity contribution < 1.29 is 14.3 Å². The summed E-state index contributed by atoms with van der Waals surface area (Å²) < 4.78 is 10.5. The summed E-state index contributed by atoms with van der Waals surface area (Å²) in [6, 6.07) is 7.44. The number of carbonyl (C=O) groups excluding carboxylic acids is 1. The zero-order valence-corrected chi connectivity index (χ0v) is 18.8. The minimum Gasteiger partial charge on any atom is -0.501 e. The highest BCUT2D eigenvalue weighted by Crippen LogP contribution is 2.46. The first-order valence-electron chi connectivity index (χ1n) is 10.2. The van der Waals surface area contributed by atoms with E-state index in [2.05, 4.69) is 20.0 Å². The summed E-state index contributed by atoms with van der Waals surface area (Å²) in [5.41, 5.74) is 1.50. The summed E-state index contributed by atoms with van der Waals surface area (Å²) in [5, 5.41) is 0. The molecule has 2 aliphatic rings. The zero-order chi connectivity index (χ0) is 22.9. The van der Waals surface area contributed by atoms with Crippen molar-refractivity contribution in [3.63, 3.8) is 0 Å². The number of amides is 2. The van der Waals surface area contributed by atoms with Gasteiger partial charge in [-0.05, 0) is 37.6 Å². The number of fused-ring (bicyclic) bond motifs is 3. The van der Waals surface area contributed by atoms with Gasteiger partial charge in [0.1, 0.15) is 17.8 Å². The van der Waals surface area contributed by atoms with Crippen LogP contribution in [0.1, 0.15) is 25.1 Å². The Morgan fingerprint density at radius 3 is 2.62 bits per heavy atom. The van der Waals surface area contributed by atoms with Gasteiger partial charge in [-0.3, -0.25) is 4.90 Å². The van der Waals surface area contributed by atoms with Crippen molar-refractivity contribution >= 4 is 24.0 Å². The molecular formula is C23H26N6O3. The van der Waals surface area contributed by atoms with Crippen LogP contribution in [0, 0.1) is 0 Å². The van der Waals surface area contributed by atoms with Crippen molar-refractivity contribution in [3.05, 3.63) is 65.3 Å². The van der Waals surface area contributed by atoms with Crippen molar-refractivity contribution in [2.75, 3.05) is 27.8 Å². The predicted molar refractivity (Wildman–Crippen MR) is 122 cm³/mol. The number of methoxy groups -OCH3 is 2. The Morgan fingerprint density at radius 1 is 1.19 bits per heavy atom. The highest BCUT2D eigenvalue weighted by molar-refractivity contribution is 6.15. The molecule has 1 aromatic heterocycles. The molecule has 3 heterocycles. The maximum atomic E-state index is 13.5. The van der Waals surface area contributed by atoms with Gasteiger partial charge >= 0.3 is 6.03 Å². The first-order valence-corrected chi connectivity index (χ1v) is 10.2. The Morgan fingerprint density at radius 2 is 1.94 bits per heavy atom. The van der Waals surface area contributed by atoms with Crippen LogP contribution in [0.25, 0.3) is 0 Å². The van der Waals surface area contributed by atoms with Crippen molar-refractivity contribution in [1.29, 1.82) is 0 Å². The van der Waals surface area contributed by atoms with Gasteiger partial charge in [-0.25, -0.2) is 19.8 Å². The molecule has 0 bridgehead atoms. The molecule has 1 aromatic carbocycles. The predicted octanol–water partition coefficient (Wildman–Crippen LogP) is 3.60. The molecule has 9 heteroatoms. The third kappa shape index (κ3) is 3.26. The van der Waals surface area contributed by atoms with Crippen LogP contribution in [0.15, 0.2) is 64.1 Å². The normalized spacial score (nSPS) is 20.7. The number of aliphatic imine (C=N–C) groups is 2. The van der Waals surface area contributed by atoms with E-state index in [1.165, 1.54) is 6.34 Å². The van der Waals surface area contributed by atoms with Gasteiger partial charge in [0, 0.05) is 13.6 Å². The Bertz CT molecular complexity index is 1140. The second-order valence-corrected chi connectivity index (χ2v) is 7.66. The summed E-state index contributed by atoms with van der Waals surface area (Å²) in [6.45, 7) is 4.21. The van der Waals surface area contributed by atoms with E-state index in [0.29, 0.717) is 23.9 Å². The molecule has 0 aliphatic carbocycles. The SMILES string of the molecule is CO/C(C)=C/C=C(\C)CN1C(=O)N(C)C2(c3ccc(OC)cc3)C1=NC=Nc1nc[nH]c12. The number of allylic oxidation sites excluding steroid dienone is 3. The summed E-state index contributed by atoms with van der Waals surface area (Å²) in [4.78, 5) is 33.5. The number of carbonyl (C=O) groups is 1. The number of imidazole rings is 1. The summed E-state index contributed by atoms with van der Waals surface area (Å²) >= 11 is 0. The number of rotatable bonds is 6. The highest BCUT2D eigenvalue weighted by atomic mass is 16.5. The Labute approximate surface area is 186 Å². The molecule has 0 radical (unpaired) electrons. The number of aromatic amines is 1. The smallest absolute Gasteiger partial charge is 0.326 e. The Balaban J connectivity index is 1.86. The number of hydrogen-bond acceptors (Lipinski definition) is 6. The lowest BCUT2D eigenvalue weighted by Gasteiger charge is -2.34. The van der Waals surface area contributed by atoms with Crippen molar-refractivity contribution in [2.45, 2.75) is 19.4 Å². The van der Waals surface area contributed by atoms with Gasteiger partial charge in [-0.2, -0.15) is 0 Å². The second-order valence-electron chi connectivity index (χ2n) is 7.66. The number of likely N-dealkylation sites (N-methyl/N-ethyl adjacent to an activating group) is 1. The number of nitrogens with zero attached hydrogens (tertiary/aromatic N) is 5. The van der Waals surface area contributed by atoms with Crippen LogP contribution in [0.5, 0.6) is 5.75 Å². The summed E-state index contributed by atoms with van der Waals surface area (Å²) in [6.07, 6.45) is 6.85. The molecule has 1 atom stereocenters. The molecule has 2 amide bonds. The number of nitrogens with one attached hydrogen (secondary N) is 1. The third-order valence-corrected chi connectivity index (χ3v) is 5.78. The number of urea groups is 1. The lowest BCUT2D eigenvalue weighted by molar-refractivity contribution is 0.188. The minimum absolute atomic E-state index is 0.171. The molecule has 0 saturated carbocycles. The van der Waals surface area contributed by atoms with Crippen LogP contribution in [-0.4, -0.2) is 65.8 Å². The standard InChI is InChI=1S/C23H26N6O3/c1-15(6-7-16(2)31-4)12-29-21-23(28(3)22(29)30,17-8-10-18(32-5)11-9-17)19-20(25-13-24-19)26-14-27-21/h6-11,13-14H,12H2,1-5H3,(H,24,25)/b15-6+,16-7+. The van der Waals surface area contributed by atoms with Crippen molar-refractivity contribution in [2.24, 2.45) is 9.98 Å². The Kier molecular flexibility index (Phi) is 5.56. The van der Waals surface area contributed by atoms with E-state index in [0.717, 1.165) is 22.6 Å². The highest BCUT2D eigenvalue weighted by Gasteiger charge is 2.58. The monoisotopic (exact) mass is 434 g/mol. The molecule has 2 aromatic rings. The quantitative estimate of drug-likeness (QED) is 0.555. The molecule has 4 rings (SSSR count). The molecule has 1 saturated heterocycles. The van der Waals surface area contributed by atoms with Crippen LogP contribution in [0.3, 0.4) is 0 Å². The third-order valence-electron chi connectivity index (χ3n) is 5.78. The van der Waals surface area contributed by atoms with Gasteiger partial charge in [0.05, 0.1) is 26.3 Å². The number of aromatic nitrogens is 2. The number of ether oxygens (including phenoxy) is 2. The van der Waals surface area contributed by atoms with E-state index in [1.807, 2.05) is 50.3 Å². The lowest BCUT2D eigenvalue weighted by atomic mass is 9.84. The largest absolute Gasteiger partial charge is 0.501 e. The van der Waals surface area contributed by atoms with E-state index in [1.54, 1.807) is 37.4 Å². The molecule has 1 fully saturated rings. The first kappa shape index (κ1) is 21.4. The van der Waals surface area contributed by atoms with Gasteiger partial charge in [0.15, 0.2) is 17.2 Å². The van der Waals surface area contributed by atoms with Gasteiger partial charge in [0.2, 0.25) is 0 Å². The van der Waals surface area contributed by atoms with Crippen LogP contribution in [0.2, 0.25) is 0 Å². The summed E-state index contributed by atoms with van der Waals surface area (Å²) in [7, 11) is 5.01. The van der Waals surface area contributed by atoms with E-state index in [9.17, 15) is 4.79 Å². The van der Waals surface area contributed by atoms with Crippen LogP contribution in [-0.2, 0) is 10.3 Å². The second kappa shape index (κ2) is 8.33. The topological polar surface area (TPSA) is 95.4 Å². The van der Waals surface area contributed by atoms with Gasteiger partial charge in [-0.1, -0.05) is 23.8 Å². The minimum atomic E-state index is -1.01. The molecule has 1 unspecified atom stereocenters. The first-order chi connectivity index (χ1) is 15.4. The van der Waals surface area contributed by atoms with E-state index < -0.39 is 5.54 Å². The number of amidine groups is 1. The van der Waals surface area contributed by atoms with Crippen molar-refractivity contribution in [3.8, 4) is 5.75 Å². The molecular weight excluding hydrogens is 408 g/mol. The van der Waals surface area contributed by atoms with Crippen molar-refractivity contribution in [1.82, 2.24) is 19.8 Å². The fourth-order valence-corrected chi connectivity index (χ4v) is 4.06. The molecule has 1 N–H and O–H groups in total. The van der Waals surface area contributed by atoms with E-state index in [4.69, 9.17) is 9.47 Å². The molecule has 0 spiro atoms. The molecule has 9 nitrogen and oxygen atoms in total. The van der Waals surface area contributed by atoms with Gasteiger partial charge in [-0.15, -0.1) is 0 Å². The maximum absolute atomic E-state index is 13.5. The van der Waals surface area contributed by atoms with E-state index in [-0.39, 0.29) is 6.03 Å². The number of benzene rings is 1. The number of H-pyrrole nitrogens is 1. The van der Waals surface area contributed by atoms with Gasteiger partial charge in [0.25, 0.3) is 0 Å². The van der Waals surface area contributed by atoms with E-state index >= 15 is 0 Å². The lowest BCUT2D eigenvalue weighted by Crippen LogP contribution is -2.46. The van der Waals surface area contributed by atoms with Gasteiger partial charge < -0.3 is 19.4 Å². The average Bonchev–Trinajstić information content (AvgIpc) is 3.30. The Hall–Kier alpha value is -3.88. The fraction of sp³-hybridized carbons (Fsp3) is 0.304. The average molecular weight is 435 g/mol.